The summed E-state index contributed by atoms with van der Waals surface area (Å²) in [4.78, 5) is 22.3. The van der Waals surface area contributed by atoms with E-state index in [1.54, 1.807) is 35.4 Å². The molecule has 2 aromatic rings. The fourth-order valence-electron chi connectivity index (χ4n) is 1.51. The Labute approximate surface area is 104 Å². The number of carbonyl (C=O) groups excluding carboxylic acids is 2. The molecule has 1 amide bonds. The van der Waals surface area contributed by atoms with Gasteiger partial charge in [0.05, 0.1) is 12.1 Å². The standard InChI is InChI=1S/C12H12N4O2/c1-9(17)5-12(18)15-10-3-2-4-11(6-10)16-7-13-14-8-16/h2-4,6-8H,5H2,1H3,(H,15,18). The van der Waals surface area contributed by atoms with Crippen LogP contribution in [0.25, 0.3) is 5.69 Å². The van der Waals surface area contributed by atoms with Crippen LogP contribution >= 0.6 is 0 Å². The molecular weight excluding hydrogens is 232 g/mol. The van der Waals surface area contributed by atoms with Gasteiger partial charge in [0, 0.05) is 5.69 Å². The smallest absolute Gasteiger partial charge is 0.231 e. The molecule has 1 aromatic carbocycles. The van der Waals surface area contributed by atoms with Gasteiger partial charge in [0.2, 0.25) is 5.91 Å². The number of amides is 1. The minimum absolute atomic E-state index is 0.114. The van der Waals surface area contributed by atoms with Crippen LogP contribution in [0.3, 0.4) is 0 Å². The number of rotatable bonds is 4. The summed E-state index contributed by atoms with van der Waals surface area (Å²) in [6, 6.07) is 7.20. The lowest BCUT2D eigenvalue weighted by molar-refractivity contribution is -0.124. The third-order valence-electron chi connectivity index (χ3n) is 2.26. The molecule has 2 rings (SSSR count). The number of nitrogens with zero attached hydrogens (tertiary/aromatic N) is 3. The van der Waals surface area contributed by atoms with Gasteiger partial charge in [0.1, 0.15) is 18.4 Å². The molecule has 0 aliphatic heterocycles. The van der Waals surface area contributed by atoms with E-state index in [0.717, 1.165) is 5.69 Å². The van der Waals surface area contributed by atoms with Crippen molar-refractivity contribution in [2.45, 2.75) is 13.3 Å². The van der Waals surface area contributed by atoms with Crippen LogP contribution in [-0.2, 0) is 9.59 Å². The number of anilines is 1. The lowest BCUT2D eigenvalue weighted by atomic mass is 10.2. The second-order valence-corrected chi connectivity index (χ2v) is 3.85. The molecular formula is C12H12N4O2. The average molecular weight is 244 g/mol. The van der Waals surface area contributed by atoms with E-state index >= 15 is 0 Å². The molecule has 0 fully saturated rings. The van der Waals surface area contributed by atoms with Crippen LogP contribution in [0.1, 0.15) is 13.3 Å². The Balaban J connectivity index is 2.13. The molecule has 0 radical (unpaired) electrons. The zero-order valence-corrected chi connectivity index (χ0v) is 9.83. The fourth-order valence-corrected chi connectivity index (χ4v) is 1.51. The van der Waals surface area contributed by atoms with Gasteiger partial charge in [0.25, 0.3) is 0 Å². The molecule has 0 atom stereocenters. The van der Waals surface area contributed by atoms with Crippen molar-refractivity contribution < 1.29 is 9.59 Å². The van der Waals surface area contributed by atoms with Gasteiger partial charge in [-0.3, -0.25) is 14.2 Å². The molecule has 0 spiro atoms. The monoisotopic (exact) mass is 244 g/mol. The lowest BCUT2D eigenvalue weighted by Crippen LogP contribution is -2.14. The Morgan fingerprint density at radius 3 is 2.67 bits per heavy atom. The van der Waals surface area contributed by atoms with Gasteiger partial charge in [-0.15, -0.1) is 10.2 Å². The highest BCUT2D eigenvalue weighted by Crippen LogP contribution is 2.14. The number of nitrogens with one attached hydrogen (secondary N) is 1. The summed E-state index contributed by atoms with van der Waals surface area (Å²) in [5, 5.41) is 10.1. The topological polar surface area (TPSA) is 76.9 Å². The number of hydrogen-bond acceptors (Lipinski definition) is 4. The molecule has 0 aliphatic rings. The van der Waals surface area contributed by atoms with Crippen molar-refractivity contribution in [3.05, 3.63) is 36.9 Å². The quantitative estimate of drug-likeness (QED) is 0.819. The van der Waals surface area contributed by atoms with Crippen LogP contribution in [0.2, 0.25) is 0 Å². The molecule has 1 aromatic heterocycles. The van der Waals surface area contributed by atoms with E-state index in [4.69, 9.17) is 0 Å². The first-order chi connectivity index (χ1) is 8.65. The zero-order valence-electron chi connectivity index (χ0n) is 9.83. The van der Waals surface area contributed by atoms with E-state index in [-0.39, 0.29) is 18.1 Å². The number of benzene rings is 1. The van der Waals surface area contributed by atoms with E-state index < -0.39 is 0 Å². The Morgan fingerprint density at radius 1 is 1.28 bits per heavy atom. The molecule has 92 valence electrons. The Hall–Kier alpha value is -2.50. The van der Waals surface area contributed by atoms with E-state index in [2.05, 4.69) is 15.5 Å². The molecule has 0 bridgehead atoms. The molecule has 1 N–H and O–H groups in total. The Morgan fingerprint density at radius 2 is 2.00 bits per heavy atom. The maximum absolute atomic E-state index is 11.5. The molecule has 6 nitrogen and oxygen atoms in total. The van der Waals surface area contributed by atoms with Crippen molar-refractivity contribution in [1.82, 2.24) is 14.8 Å². The summed E-state index contributed by atoms with van der Waals surface area (Å²) in [6.45, 7) is 1.38. The summed E-state index contributed by atoms with van der Waals surface area (Å²) < 4.78 is 1.72. The van der Waals surface area contributed by atoms with E-state index in [1.807, 2.05) is 6.07 Å². The zero-order chi connectivity index (χ0) is 13.0. The summed E-state index contributed by atoms with van der Waals surface area (Å²) in [5.74, 6) is -0.481. The van der Waals surface area contributed by atoms with Gasteiger partial charge in [-0.25, -0.2) is 0 Å². The minimum atomic E-state index is -0.316. The summed E-state index contributed by atoms with van der Waals surface area (Å²) in [7, 11) is 0. The van der Waals surface area contributed by atoms with Crippen molar-refractivity contribution in [1.29, 1.82) is 0 Å². The second-order valence-electron chi connectivity index (χ2n) is 3.85. The highest BCUT2D eigenvalue weighted by atomic mass is 16.2. The van der Waals surface area contributed by atoms with Crippen LogP contribution in [-0.4, -0.2) is 26.5 Å². The first-order valence-electron chi connectivity index (χ1n) is 5.39. The van der Waals surface area contributed by atoms with E-state index in [0.29, 0.717) is 5.69 Å². The van der Waals surface area contributed by atoms with Crippen LogP contribution in [0.5, 0.6) is 0 Å². The number of aromatic nitrogens is 3. The second kappa shape index (κ2) is 5.22. The van der Waals surface area contributed by atoms with Crippen molar-refractivity contribution in [3.63, 3.8) is 0 Å². The molecule has 1 heterocycles. The van der Waals surface area contributed by atoms with Gasteiger partial charge in [-0.2, -0.15) is 0 Å². The Kier molecular flexibility index (Phi) is 3.47. The summed E-state index contributed by atoms with van der Waals surface area (Å²) in [5.41, 5.74) is 1.47. The Bertz CT molecular complexity index is 563. The SMILES string of the molecule is CC(=O)CC(=O)Nc1cccc(-n2cnnc2)c1. The highest BCUT2D eigenvalue weighted by Gasteiger charge is 2.06. The van der Waals surface area contributed by atoms with Crippen LogP contribution in [0.15, 0.2) is 36.9 Å². The van der Waals surface area contributed by atoms with Crippen molar-refractivity contribution in [3.8, 4) is 5.69 Å². The molecule has 0 saturated carbocycles. The molecule has 18 heavy (non-hydrogen) atoms. The number of hydrogen-bond donors (Lipinski definition) is 1. The highest BCUT2D eigenvalue weighted by molar-refractivity contribution is 6.03. The first-order valence-corrected chi connectivity index (χ1v) is 5.39. The van der Waals surface area contributed by atoms with E-state index in [1.165, 1.54) is 6.92 Å². The predicted octanol–water partition coefficient (Wildman–Crippen LogP) is 1.18. The summed E-state index contributed by atoms with van der Waals surface area (Å²) in [6.07, 6.45) is 3.02. The predicted molar refractivity (Wildman–Crippen MR) is 65.3 cm³/mol. The fraction of sp³-hybridized carbons (Fsp3) is 0.167. The summed E-state index contributed by atoms with van der Waals surface area (Å²) >= 11 is 0. The van der Waals surface area contributed by atoms with Crippen molar-refractivity contribution in [2.24, 2.45) is 0 Å². The third kappa shape index (κ3) is 3.00. The number of Topliss-reactive ketones (excluding diaryl/α,β-unsaturated/α-hetero) is 1. The first kappa shape index (κ1) is 12.0. The van der Waals surface area contributed by atoms with Crippen LogP contribution in [0, 0.1) is 0 Å². The lowest BCUT2D eigenvalue weighted by Gasteiger charge is -2.06. The van der Waals surface area contributed by atoms with Gasteiger partial charge in [-0.05, 0) is 25.1 Å². The van der Waals surface area contributed by atoms with Gasteiger partial charge < -0.3 is 5.32 Å². The van der Waals surface area contributed by atoms with Gasteiger partial charge in [-0.1, -0.05) is 6.07 Å². The van der Waals surface area contributed by atoms with Crippen molar-refractivity contribution in [2.75, 3.05) is 5.32 Å². The van der Waals surface area contributed by atoms with Gasteiger partial charge >= 0.3 is 0 Å². The average Bonchev–Trinajstić information content (AvgIpc) is 2.81. The largest absolute Gasteiger partial charge is 0.326 e. The van der Waals surface area contributed by atoms with Crippen molar-refractivity contribution >= 4 is 17.4 Å². The minimum Gasteiger partial charge on any atom is -0.326 e. The maximum atomic E-state index is 11.5. The number of ketones is 1. The van der Waals surface area contributed by atoms with Gasteiger partial charge in [0.15, 0.2) is 0 Å². The normalized spacial score (nSPS) is 10.1. The molecule has 6 heteroatoms. The third-order valence-corrected chi connectivity index (χ3v) is 2.26. The maximum Gasteiger partial charge on any atom is 0.231 e. The van der Waals surface area contributed by atoms with E-state index in [9.17, 15) is 9.59 Å². The van der Waals surface area contributed by atoms with Crippen LogP contribution < -0.4 is 5.32 Å². The molecule has 0 aliphatic carbocycles. The molecule has 0 saturated heterocycles. The van der Waals surface area contributed by atoms with Crippen LogP contribution in [0.4, 0.5) is 5.69 Å². The molecule has 0 unspecified atom stereocenters. The number of carbonyl (C=O) groups is 2.